The lowest BCUT2D eigenvalue weighted by molar-refractivity contribution is 0.554. The van der Waals surface area contributed by atoms with Crippen molar-refractivity contribution < 1.29 is 8.42 Å². The summed E-state index contributed by atoms with van der Waals surface area (Å²) in [5.41, 5.74) is 6.50. The third kappa shape index (κ3) is 3.09. The summed E-state index contributed by atoms with van der Waals surface area (Å²) in [5.74, 6) is 0.162. The maximum atomic E-state index is 11.9. The van der Waals surface area contributed by atoms with E-state index in [9.17, 15) is 8.42 Å². The van der Waals surface area contributed by atoms with Crippen molar-refractivity contribution in [1.29, 1.82) is 0 Å². The van der Waals surface area contributed by atoms with Crippen molar-refractivity contribution >= 4 is 9.84 Å². The van der Waals surface area contributed by atoms with Gasteiger partial charge in [-0.3, -0.25) is 0 Å². The highest BCUT2D eigenvalue weighted by molar-refractivity contribution is 7.92. The lowest BCUT2D eigenvalue weighted by atomic mass is 10.3. The fourth-order valence-corrected chi connectivity index (χ4v) is 2.35. The molecule has 0 radical (unpaired) electrons. The molecule has 4 nitrogen and oxygen atoms in total. The molecule has 0 atom stereocenters. The van der Waals surface area contributed by atoms with Gasteiger partial charge in [0, 0.05) is 25.5 Å². The van der Waals surface area contributed by atoms with Gasteiger partial charge >= 0.3 is 0 Å². The van der Waals surface area contributed by atoms with Crippen LogP contribution in [0.1, 0.15) is 26.3 Å². The number of rotatable bonds is 4. The smallest absolute Gasteiger partial charge is 0.156 e. The van der Waals surface area contributed by atoms with Gasteiger partial charge in [0.05, 0.1) is 10.5 Å². The van der Waals surface area contributed by atoms with Crippen molar-refractivity contribution in [1.82, 2.24) is 4.57 Å². The van der Waals surface area contributed by atoms with Gasteiger partial charge in [0.15, 0.2) is 9.84 Å². The zero-order valence-corrected chi connectivity index (χ0v) is 10.9. The molecule has 92 valence electrons. The molecular formula is C11H20N2O2S. The zero-order chi connectivity index (χ0) is 12.4. The molecule has 0 bridgehead atoms. The first-order valence-electron chi connectivity index (χ1n) is 5.33. The average molecular weight is 244 g/mol. The van der Waals surface area contributed by atoms with E-state index < -0.39 is 14.6 Å². The van der Waals surface area contributed by atoms with Gasteiger partial charge in [-0.2, -0.15) is 0 Å². The van der Waals surface area contributed by atoms with Crippen LogP contribution in [0.3, 0.4) is 0 Å². The molecule has 1 aromatic heterocycles. The summed E-state index contributed by atoms with van der Waals surface area (Å²) in [5, 5.41) is 0. The first-order chi connectivity index (χ1) is 7.26. The maximum absolute atomic E-state index is 11.9. The molecule has 0 fully saturated rings. The highest BCUT2D eigenvalue weighted by Crippen LogP contribution is 2.16. The number of hydrogen-bond donors (Lipinski definition) is 1. The predicted octanol–water partition coefficient (Wildman–Crippen LogP) is 1.16. The molecule has 0 saturated heterocycles. The summed E-state index contributed by atoms with van der Waals surface area (Å²) < 4.78 is 24.9. The summed E-state index contributed by atoms with van der Waals surface area (Å²) in [6.45, 7) is 6.15. The molecule has 1 aromatic rings. The van der Waals surface area contributed by atoms with Crippen molar-refractivity contribution in [3.05, 3.63) is 24.0 Å². The highest BCUT2D eigenvalue weighted by Gasteiger charge is 2.28. The Labute approximate surface area is 97.4 Å². The van der Waals surface area contributed by atoms with Gasteiger partial charge in [-0.15, -0.1) is 0 Å². The molecule has 0 aromatic carbocycles. The SMILES string of the molecule is CC(C)(C)S(=O)(=O)CCn1ccc(CN)c1. The van der Waals surface area contributed by atoms with Gasteiger partial charge in [-0.1, -0.05) is 0 Å². The van der Waals surface area contributed by atoms with Crippen LogP contribution in [-0.2, 0) is 22.9 Å². The Morgan fingerprint density at radius 3 is 2.44 bits per heavy atom. The summed E-state index contributed by atoms with van der Waals surface area (Å²) in [6, 6.07) is 1.91. The van der Waals surface area contributed by atoms with Gasteiger partial charge in [-0.25, -0.2) is 8.42 Å². The summed E-state index contributed by atoms with van der Waals surface area (Å²) in [6.07, 6.45) is 3.75. The van der Waals surface area contributed by atoms with Gasteiger partial charge < -0.3 is 10.3 Å². The highest BCUT2D eigenvalue weighted by atomic mass is 32.2. The topological polar surface area (TPSA) is 65.1 Å². The number of hydrogen-bond acceptors (Lipinski definition) is 3. The van der Waals surface area contributed by atoms with E-state index in [0.717, 1.165) is 5.56 Å². The molecular weight excluding hydrogens is 224 g/mol. The second kappa shape index (κ2) is 4.59. The van der Waals surface area contributed by atoms with Crippen LogP contribution in [0.5, 0.6) is 0 Å². The van der Waals surface area contributed by atoms with Crippen LogP contribution >= 0.6 is 0 Å². The molecule has 1 heterocycles. The molecule has 1 rings (SSSR count). The van der Waals surface area contributed by atoms with Crippen molar-refractivity contribution in [2.45, 2.75) is 38.6 Å². The number of nitrogens with two attached hydrogens (primary N) is 1. The van der Waals surface area contributed by atoms with E-state index in [4.69, 9.17) is 5.73 Å². The second-order valence-corrected chi connectivity index (χ2v) is 7.76. The zero-order valence-electron chi connectivity index (χ0n) is 10.1. The first-order valence-corrected chi connectivity index (χ1v) is 6.98. The molecule has 5 heteroatoms. The summed E-state index contributed by atoms with van der Waals surface area (Å²) >= 11 is 0. The van der Waals surface area contributed by atoms with Crippen molar-refractivity contribution in [3.8, 4) is 0 Å². The Morgan fingerprint density at radius 1 is 1.38 bits per heavy atom. The van der Waals surface area contributed by atoms with Gasteiger partial charge in [-0.05, 0) is 32.4 Å². The standard InChI is InChI=1S/C11H20N2O2S/c1-11(2,3)16(14,15)7-6-13-5-4-10(8-12)9-13/h4-5,9H,6-8,12H2,1-3H3. The Balaban J connectivity index is 2.65. The third-order valence-electron chi connectivity index (χ3n) is 2.60. The Hall–Kier alpha value is -0.810. The van der Waals surface area contributed by atoms with Gasteiger partial charge in [0.2, 0.25) is 0 Å². The van der Waals surface area contributed by atoms with Crippen LogP contribution in [0.2, 0.25) is 0 Å². The molecule has 0 amide bonds. The van der Waals surface area contributed by atoms with Gasteiger partial charge in [0.1, 0.15) is 0 Å². The minimum Gasteiger partial charge on any atom is -0.353 e. The fourth-order valence-electron chi connectivity index (χ4n) is 1.28. The van der Waals surface area contributed by atoms with E-state index in [0.29, 0.717) is 13.1 Å². The molecule has 0 spiro atoms. The number of aryl methyl sites for hydroxylation is 1. The summed E-state index contributed by atoms with van der Waals surface area (Å²) in [7, 11) is -3.05. The lowest BCUT2D eigenvalue weighted by Gasteiger charge is -2.19. The molecule has 0 aliphatic carbocycles. The summed E-state index contributed by atoms with van der Waals surface area (Å²) in [4.78, 5) is 0. The number of sulfone groups is 1. The average Bonchev–Trinajstić information content (AvgIpc) is 2.60. The van der Waals surface area contributed by atoms with E-state index in [1.54, 1.807) is 20.8 Å². The Bertz CT molecular complexity index is 441. The van der Waals surface area contributed by atoms with Crippen molar-refractivity contribution in [2.24, 2.45) is 5.73 Å². The van der Waals surface area contributed by atoms with E-state index in [1.807, 2.05) is 23.0 Å². The lowest BCUT2D eigenvalue weighted by Crippen LogP contribution is -2.31. The predicted molar refractivity (Wildman–Crippen MR) is 65.9 cm³/mol. The molecule has 16 heavy (non-hydrogen) atoms. The van der Waals surface area contributed by atoms with Crippen molar-refractivity contribution in [3.63, 3.8) is 0 Å². The number of nitrogens with zero attached hydrogens (tertiary/aromatic N) is 1. The fraction of sp³-hybridized carbons (Fsp3) is 0.636. The van der Waals surface area contributed by atoms with E-state index >= 15 is 0 Å². The Kier molecular flexibility index (Phi) is 3.80. The van der Waals surface area contributed by atoms with E-state index in [2.05, 4.69) is 0 Å². The van der Waals surface area contributed by atoms with Gasteiger partial charge in [0.25, 0.3) is 0 Å². The number of aromatic nitrogens is 1. The second-order valence-electron chi connectivity index (χ2n) is 4.89. The third-order valence-corrected chi connectivity index (χ3v) is 5.18. The monoisotopic (exact) mass is 244 g/mol. The molecule has 0 aliphatic heterocycles. The Morgan fingerprint density at radius 2 is 2.00 bits per heavy atom. The van der Waals surface area contributed by atoms with E-state index in [1.165, 1.54) is 0 Å². The van der Waals surface area contributed by atoms with Crippen LogP contribution < -0.4 is 5.73 Å². The van der Waals surface area contributed by atoms with Crippen LogP contribution in [0.4, 0.5) is 0 Å². The minimum atomic E-state index is -3.05. The van der Waals surface area contributed by atoms with Crippen LogP contribution in [0.15, 0.2) is 18.5 Å². The van der Waals surface area contributed by atoms with E-state index in [-0.39, 0.29) is 5.75 Å². The molecule has 0 unspecified atom stereocenters. The minimum absolute atomic E-state index is 0.162. The largest absolute Gasteiger partial charge is 0.353 e. The van der Waals surface area contributed by atoms with Crippen LogP contribution in [0, 0.1) is 0 Å². The molecule has 0 aliphatic rings. The quantitative estimate of drug-likeness (QED) is 0.864. The molecule has 0 saturated carbocycles. The van der Waals surface area contributed by atoms with Crippen LogP contribution in [-0.4, -0.2) is 23.5 Å². The normalized spacial score (nSPS) is 13.0. The van der Waals surface area contributed by atoms with Crippen molar-refractivity contribution in [2.75, 3.05) is 5.75 Å². The van der Waals surface area contributed by atoms with Crippen LogP contribution in [0.25, 0.3) is 0 Å². The first kappa shape index (κ1) is 13.3. The maximum Gasteiger partial charge on any atom is 0.156 e. The molecule has 2 N–H and O–H groups in total.